The predicted molar refractivity (Wildman–Crippen MR) is 198 cm³/mol. The number of ether oxygens (including phenoxy) is 3. The summed E-state index contributed by atoms with van der Waals surface area (Å²) >= 11 is 1.41. The van der Waals surface area contributed by atoms with Crippen LogP contribution in [0.5, 0.6) is 17.2 Å². The lowest BCUT2D eigenvalue weighted by Crippen LogP contribution is -2.26. The number of aromatic amines is 1. The Balaban J connectivity index is 1.09. The standard InChI is InChI=1S/C38H41N5O6S/c1-22(44)41-29-15-13-23-18-33(47-2)36(48-3)37(49-4)35(23)25-14-16-30(32(45)19-26(25)29)39-17-9-5-6-12-34(46)43-38-42-31(21-50-38)27-20-40-28-11-8-7-10-24(27)28/h7-8,10-11,14,16,18-21,29,40H,5-6,9,12-13,15,17H2,1-4H3,(H,39,45)(H,41,44)(H,42,43,46)/t29-/m1/s1. The third-order valence-corrected chi connectivity index (χ3v) is 9.69. The van der Waals surface area contributed by atoms with Gasteiger partial charge >= 0.3 is 0 Å². The molecule has 0 spiro atoms. The van der Waals surface area contributed by atoms with E-state index in [4.69, 9.17) is 14.2 Å². The van der Waals surface area contributed by atoms with E-state index in [1.807, 2.05) is 48.0 Å². The fourth-order valence-electron chi connectivity index (χ4n) is 6.58. The molecule has 1 aliphatic rings. The van der Waals surface area contributed by atoms with Gasteiger partial charge in [-0.25, -0.2) is 4.98 Å². The van der Waals surface area contributed by atoms with Crippen molar-refractivity contribution in [3.63, 3.8) is 0 Å². The van der Waals surface area contributed by atoms with Crippen LogP contribution in [-0.2, 0) is 16.0 Å². The molecule has 1 aliphatic carbocycles. The van der Waals surface area contributed by atoms with Crippen molar-refractivity contribution in [2.24, 2.45) is 0 Å². The third kappa shape index (κ3) is 7.30. The van der Waals surface area contributed by atoms with Crippen LogP contribution < -0.4 is 35.6 Å². The number of methoxy groups -OCH3 is 3. The molecule has 0 radical (unpaired) electrons. The third-order valence-electron chi connectivity index (χ3n) is 8.93. The van der Waals surface area contributed by atoms with E-state index in [0.29, 0.717) is 65.9 Å². The fourth-order valence-corrected chi connectivity index (χ4v) is 7.31. The summed E-state index contributed by atoms with van der Waals surface area (Å²) in [4.78, 5) is 46.3. The van der Waals surface area contributed by atoms with Crippen molar-refractivity contribution in [2.45, 2.75) is 51.5 Å². The number of fused-ring (bicyclic) bond motifs is 4. The van der Waals surface area contributed by atoms with Crippen LogP contribution in [0.1, 0.15) is 56.2 Å². The van der Waals surface area contributed by atoms with Gasteiger partial charge in [-0.15, -0.1) is 11.3 Å². The Labute approximate surface area is 294 Å². The Bertz CT molecular complexity index is 2090. The number of para-hydroxylation sites is 1. The number of H-pyrrole nitrogens is 1. The molecule has 11 nitrogen and oxygen atoms in total. The van der Waals surface area contributed by atoms with Crippen molar-refractivity contribution in [3.8, 4) is 39.6 Å². The van der Waals surface area contributed by atoms with E-state index in [2.05, 4.69) is 25.9 Å². The lowest BCUT2D eigenvalue weighted by molar-refractivity contribution is -0.119. The molecule has 2 amide bonds. The normalized spacial score (nSPS) is 13.5. The number of unbranched alkanes of at least 4 members (excludes halogenated alkanes) is 2. The molecule has 4 N–H and O–H groups in total. The number of benzene rings is 2. The number of nitrogens with one attached hydrogen (secondary N) is 4. The molecule has 0 aliphatic heterocycles. The van der Waals surface area contributed by atoms with Gasteiger partial charge in [0.2, 0.25) is 23.0 Å². The van der Waals surface area contributed by atoms with Crippen LogP contribution in [0.15, 0.2) is 64.9 Å². The average molecular weight is 696 g/mol. The van der Waals surface area contributed by atoms with E-state index in [-0.39, 0.29) is 23.3 Å². The summed E-state index contributed by atoms with van der Waals surface area (Å²) in [5, 5.41) is 12.9. The monoisotopic (exact) mass is 695 g/mol. The van der Waals surface area contributed by atoms with E-state index in [1.54, 1.807) is 33.5 Å². The molecule has 0 bridgehead atoms. The highest BCUT2D eigenvalue weighted by Crippen LogP contribution is 2.50. The molecule has 0 saturated carbocycles. The maximum Gasteiger partial charge on any atom is 0.226 e. The first-order chi connectivity index (χ1) is 24.3. The van der Waals surface area contributed by atoms with Crippen LogP contribution in [0, 0.1) is 0 Å². The summed E-state index contributed by atoms with van der Waals surface area (Å²) in [5.74, 6) is 1.26. The molecule has 0 saturated heterocycles. The number of thiazole rings is 1. The number of hydrogen-bond acceptors (Lipinski definition) is 9. The summed E-state index contributed by atoms with van der Waals surface area (Å²) in [5.41, 5.74) is 6.41. The highest BCUT2D eigenvalue weighted by molar-refractivity contribution is 7.14. The minimum absolute atomic E-state index is 0.0742. The Morgan fingerprint density at radius 1 is 0.980 bits per heavy atom. The molecule has 0 fully saturated rings. The van der Waals surface area contributed by atoms with Crippen LogP contribution in [0.3, 0.4) is 0 Å². The molecule has 0 unspecified atom stereocenters. The van der Waals surface area contributed by atoms with E-state index < -0.39 is 0 Å². The van der Waals surface area contributed by atoms with Gasteiger partial charge in [0.25, 0.3) is 0 Å². The maximum absolute atomic E-state index is 13.5. The minimum Gasteiger partial charge on any atom is -0.493 e. The SMILES string of the molecule is COc1cc2c(c(OC)c1OC)-c1ccc(NCCCCCC(=O)Nc3nc(-c4c[nH]c5ccccc45)cs3)c(=O)cc1[C@H](NC(C)=O)CC2. The highest BCUT2D eigenvalue weighted by atomic mass is 32.1. The second-order valence-electron chi connectivity index (χ2n) is 12.2. The Hall–Kier alpha value is -5.36. The van der Waals surface area contributed by atoms with Gasteiger partial charge in [0.05, 0.1) is 38.8 Å². The van der Waals surface area contributed by atoms with E-state index >= 15 is 0 Å². The number of nitrogens with zero attached hydrogens (tertiary/aromatic N) is 1. The van der Waals surface area contributed by atoms with Gasteiger partial charge < -0.3 is 35.1 Å². The van der Waals surface area contributed by atoms with Crippen molar-refractivity contribution in [2.75, 3.05) is 38.5 Å². The van der Waals surface area contributed by atoms with Crippen molar-refractivity contribution in [1.29, 1.82) is 0 Å². The quantitative estimate of drug-likeness (QED) is 0.0958. The molecule has 50 heavy (non-hydrogen) atoms. The zero-order chi connectivity index (χ0) is 35.2. The largest absolute Gasteiger partial charge is 0.493 e. The molecule has 260 valence electrons. The van der Waals surface area contributed by atoms with Crippen LogP contribution in [0.4, 0.5) is 10.8 Å². The number of aryl methyl sites for hydroxylation is 1. The summed E-state index contributed by atoms with van der Waals surface area (Å²) in [6.07, 6.45) is 5.81. The zero-order valence-electron chi connectivity index (χ0n) is 28.6. The molecule has 3 aromatic carbocycles. The van der Waals surface area contributed by atoms with Crippen LogP contribution >= 0.6 is 11.3 Å². The number of rotatable bonds is 13. The van der Waals surface area contributed by atoms with E-state index in [1.165, 1.54) is 18.3 Å². The smallest absolute Gasteiger partial charge is 0.226 e. The molecular weight excluding hydrogens is 655 g/mol. The molecule has 12 heteroatoms. The Morgan fingerprint density at radius 2 is 1.80 bits per heavy atom. The number of aromatic nitrogens is 2. The first kappa shape index (κ1) is 34.5. The Morgan fingerprint density at radius 3 is 2.58 bits per heavy atom. The van der Waals surface area contributed by atoms with Crippen molar-refractivity contribution in [1.82, 2.24) is 15.3 Å². The second kappa shape index (κ2) is 15.5. The predicted octanol–water partition coefficient (Wildman–Crippen LogP) is 7.08. The van der Waals surface area contributed by atoms with Crippen LogP contribution in [0.25, 0.3) is 33.3 Å². The summed E-state index contributed by atoms with van der Waals surface area (Å²) in [7, 11) is 4.71. The van der Waals surface area contributed by atoms with Gasteiger partial charge in [0.1, 0.15) is 0 Å². The lowest BCUT2D eigenvalue weighted by Gasteiger charge is -2.19. The molecule has 6 rings (SSSR count). The maximum atomic E-state index is 13.5. The fraction of sp³-hybridized carbons (Fsp3) is 0.316. The van der Waals surface area contributed by atoms with E-state index in [9.17, 15) is 14.4 Å². The summed E-state index contributed by atoms with van der Waals surface area (Å²) < 4.78 is 17.1. The number of anilines is 2. The number of hydrogen-bond donors (Lipinski definition) is 4. The van der Waals surface area contributed by atoms with Gasteiger partial charge in [0, 0.05) is 53.5 Å². The van der Waals surface area contributed by atoms with Gasteiger partial charge in [0.15, 0.2) is 16.6 Å². The molecule has 1 atom stereocenters. The van der Waals surface area contributed by atoms with Gasteiger partial charge in [-0.2, -0.15) is 0 Å². The van der Waals surface area contributed by atoms with E-state index in [0.717, 1.165) is 51.7 Å². The summed E-state index contributed by atoms with van der Waals surface area (Å²) in [6.45, 7) is 2.04. The first-order valence-electron chi connectivity index (χ1n) is 16.6. The van der Waals surface area contributed by atoms with Crippen LogP contribution in [0.2, 0.25) is 0 Å². The number of carbonyl (C=O) groups excluding carboxylic acids is 2. The zero-order valence-corrected chi connectivity index (χ0v) is 29.4. The van der Waals surface area contributed by atoms with Gasteiger partial charge in [-0.05, 0) is 66.6 Å². The average Bonchev–Trinajstić information content (AvgIpc) is 3.68. The molecule has 2 aromatic heterocycles. The number of amides is 2. The topological polar surface area (TPSA) is 144 Å². The van der Waals surface area contributed by atoms with Gasteiger partial charge in [-0.1, -0.05) is 30.7 Å². The Kier molecular flexibility index (Phi) is 10.7. The van der Waals surface area contributed by atoms with Crippen LogP contribution in [-0.4, -0.2) is 49.7 Å². The number of carbonyl (C=O) groups is 2. The minimum atomic E-state index is -0.375. The second-order valence-corrected chi connectivity index (χ2v) is 13.0. The summed E-state index contributed by atoms with van der Waals surface area (Å²) in [6, 6.07) is 14.9. The molecular formula is C38H41N5O6S. The lowest BCUT2D eigenvalue weighted by atomic mass is 9.95. The highest BCUT2D eigenvalue weighted by Gasteiger charge is 2.29. The van der Waals surface area contributed by atoms with Crippen molar-refractivity contribution in [3.05, 3.63) is 81.5 Å². The van der Waals surface area contributed by atoms with Gasteiger partial charge in [-0.3, -0.25) is 14.4 Å². The van der Waals surface area contributed by atoms with Crippen molar-refractivity contribution >= 4 is 44.9 Å². The molecule has 2 heterocycles. The first-order valence-corrected chi connectivity index (χ1v) is 17.5. The molecule has 5 aromatic rings. The van der Waals surface area contributed by atoms with Crippen molar-refractivity contribution < 1.29 is 23.8 Å².